The maximum Gasteiger partial charge on any atom is 0.222 e. The molecule has 0 spiro atoms. The Morgan fingerprint density at radius 1 is 1.12 bits per heavy atom. The normalized spacial score (nSPS) is 16.1. The van der Waals surface area contributed by atoms with Gasteiger partial charge >= 0.3 is 0 Å². The first-order chi connectivity index (χ1) is 16.5. The minimum absolute atomic E-state index is 0.252. The number of unbranched alkanes of at least 4 members (excludes halogenated alkanes) is 1. The van der Waals surface area contributed by atoms with E-state index >= 15 is 0 Å². The SMILES string of the molecule is CC1CN(C(=O)CCCCSc2nnc(Cc3ccccc3)n2-c2ccc(Cl)c(Cl)c2)CCN1. The lowest BCUT2D eigenvalue weighted by atomic mass is 10.1. The van der Waals surface area contributed by atoms with Crippen molar-refractivity contribution in [3.8, 4) is 5.69 Å². The highest BCUT2D eigenvalue weighted by molar-refractivity contribution is 7.99. The monoisotopic (exact) mass is 517 g/mol. The van der Waals surface area contributed by atoms with Crippen molar-refractivity contribution in [3.05, 3.63) is 70.0 Å². The second-order valence-electron chi connectivity index (χ2n) is 8.50. The van der Waals surface area contributed by atoms with Crippen molar-refractivity contribution in [1.82, 2.24) is 25.0 Å². The number of carbonyl (C=O) groups is 1. The molecular formula is C25H29Cl2N5OS. The number of rotatable bonds is 9. The van der Waals surface area contributed by atoms with Crippen molar-refractivity contribution in [1.29, 1.82) is 0 Å². The van der Waals surface area contributed by atoms with Crippen molar-refractivity contribution in [2.24, 2.45) is 0 Å². The molecule has 0 bridgehead atoms. The van der Waals surface area contributed by atoms with Gasteiger partial charge in [-0.2, -0.15) is 0 Å². The van der Waals surface area contributed by atoms with Gasteiger partial charge in [0.2, 0.25) is 5.91 Å². The average molecular weight is 519 g/mol. The zero-order valence-electron chi connectivity index (χ0n) is 19.2. The number of carbonyl (C=O) groups excluding carboxylic acids is 1. The van der Waals surface area contributed by atoms with Crippen LogP contribution in [0.2, 0.25) is 10.0 Å². The number of nitrogens with zero attached hydrogens (tertiary/aromatic N) is 4. The minimum Gasteiger partial charge on any atom is -0.340 e. The molecule has 2 aromatic carbocycles. The molecule has 0 saturated carbocycles. The molecular weight excluding hydrogens is 489 g/mol. The number of hydrogen-bond donors (Lipinski definition) is 1. The molecule has 6 nitrogen and oxygen atoms in total. The molecule has 34 heavy (non-hydrogen) atoms. The third kappa shape index (κ3) is 6.54. The summed E-state index contributed by atoms with van der Waals surface area (Å²) < 4.78 is 2.05. The van der Waals surface area contributed by atoms with Crippen LogP contribution >= 0.6 is 35.0 Å². The molecule has 1 unspecified atom stereocenters. The number of amides is 1. The van der Waals surface area contributed by atoms with Gasteiger partial charge in [-0.05, 0) is 43.5 Å². The van der Waals surface area contributed by atoms with Crippen LogP contribution in [0.4, 0.5) is 0 Å². The molecule has 1 saturated heterocycles. The summed E-state index contributed by atoms with van der Waals surface area (Å²) in [6.45, 7) is 4.59. The Balaban J connectivity index is 1.40. The van der Waals surface area contributed by atoms with E-state index in [1.54, 1.807) is 17.8 Å². The Labute approximate surface area is 215 Å². The molecule has 1 aromatic heterocycles. The molecule has 1 aliphatic rings. The number of aromatic nitrogens is 3. The number of nitrogens with one attached hydrogen (secondary N) is 1. The second-order valence-corrected chi connectivity index (χ2v) is 10.4. The van der Waals surface area contributed by atoms with Crippen LogP contribution in [-0.2, 0) is 11.2 Å². The maximum atomic E-state index is 12.5. The Kier molecular flexibility index (Phi) is 8.89. The third-order valence-corrected chi connectivity index (χ3v) is 7.56. The molecule has 9 heteroatoms. The molecule has 1 aliphatic heterocycles. The molecule has 1 N–H and O–H groups in total. The first kappa shape index (κ1) is 25.0. The van der Waals surface area contributed by atoms with E-state index in [-0.39, 0.29) is 5.91 Å². The molecule has 1 amide bonds. The summed E-state index contributed by atoms with van der Waals surface area (Å²) in [4.78, 5) is 14.5. The van der Waals surface area contributed by atoms with E-state index in [0.29, 0.717) is 28.9 Å². The predicted octanol–water partition coefficient (Wildman–Crippen LogP) is 5.25. The summed E-state index contributed by atoms with van der Waals surface area (Å²) in [5.41, 5.74) is 2.05. The fraction of sp³-hybridized carbons (Fsp3) is 0.400. The fourth-order valence-electron chi connectivity index (χ4n) is 4.03. The molecule has 1 fully saturated rings. The highest BCUT2D eigenvalue weighted by Gasteiger charge is 2.20. The third-order valence-electron chi connectivity index (χ3n) is 5.80. The highest BCUT2D eigenvalue weighted by Crippen LogP contribution is 2.29. The Hall–Kier alpha value is -2.06. The number of piperazine rings is 1. The fourth-order valence-corrected chi connectivity index (χ4v) is 5.29. The van der Waals surface area contributed by atoms with Gasteiger partial charge in [0.1, 0.15) is 5.82 Å². The van der Waals surface area contributed by atoms with Gasteiger partial charge < -0.3 is 10.2 Å². The molecule has 4 rings (SSSR count). The van der Waals surface area contributed by atoms with Crippen molar-refractivity contribution >= 4 is 40.9 Å². The molecule has 3 aromatic rings. The van der Waals surface area contributed by atoms with Crippen molar-refractivity contribution < 1.29 is 4.79 Å². The van der Waals surface area contributed by atoms with E-state index in [1.165, 1.54) is 0 Å². The Bertz CT molecular complexity index is 1110. The standard InChI is InChI=1S/C25H29Cl2N5OS/c1-18-17-31(13-12-28-18)24(33)9-5-6-14-34-25-30-29-23(15-19-7-3-2-4-8-19)32(25)20-10-11-21(26)22(27)16-20/h2-4,7-8,10-11,16,18,28H,5-6,9,12-15,17H2,1H3. The first-order valence-electron chi connectivity index (χ1n) is 11.6. The Morgan fingerprint density at radius 3 is 2.71 bits per heavy atom. The van der Waals surface area contributed by atoms with Gasteiger partial charge in [-0.3, -0.25) is 9.36 Å². The average Bonchev–Trinajstić information content (AvgIpc) is 3.23. The first-order valence-corrected chi connectivity index (χ1v) is 13.3. The van der Waals surface area contributed by atoms with E-state index in [9.17, 15) is 4.79 Å². The lowest BCUT2D eigenvalue weighted by molar-refractivity contribution is -0.132. The van der Waals surface area contributed by atoms with Crippen LogP contribution in [-0.4, -0.2) is 57.0 Å². The van der Waals surface area contributed by atoms with Crippen LogP contribution in [0.25, 0.3) is 5.69 Å². The summed E-state index contributed by atoms with van der Waals surface area (Å²) in [5, 5.41) is 14.2. The molecule has 1 atom stereocenters. The summed E-state index contributed by atoms with van der Waals surface area (Å²) >= 11 is 14.1. The summed E-state index contributed by atoms with van der Waals surface area (Å²) in [5.74, 6) is 1.95. The van der Waals surface area contributed by atoms with Crippen molar-refractivity contribution in [2.45, 2.75) is 43.8 Å². The molecule has 0 aliphatic carbocycles. The van der Waals surface area contributed by atoms with E-state index in [0.717, 1.165) is 60.5 Å². The number of hydrogen-bond acceptors (Lipinski definition) is 5. The van der Waals surface area contributed by atoms with Crippen LogP contribution in [0.3, 0.4) is 0 Å². The van der Waals surface area contributed by atoms with E-state index < -0.39 is 0 Å². The summed E-state index contributed by atoms with van der Waals surface area (Å²) in [6, 6.07) is 16.1. The van der Waals surface area contributed by atoms with Crippen LogP contribution in [0.15, 0.2) is 53.7 Å². The topological polar surface area (TPSA) is 63.1 Å². The largest absolute Gasteiger partial charge is 0.340 e. The van der Waals surface area contributed by atoms with Gasteiger partial charge in [-0.15, -0.1) is 10.2 Å². The number of thioether (sulfide) groups is 1. The quantitative estimate of drug-likeness (QED) is 0.310. The van der Waals surface area contributed by atoms with Crippen LogP contribution < -0.4 is 5.32 Å². The van der Waals surface area contributed by atoms with Gasteiger partial charge in [0.15, 0.2) is 5.16 Å². The molecule has 2 heterocycles. The lowest BCUT2D eigenvalue weighted by Gasteiger charge is -2.32. The predicted molar refractivity (Wildman–Crippen MR) is 139 cm³/mol. The second kappa shape index (κ2) is 12.1. The van der Waals surface area contributed by atoms with Crippen LogP contribution in [0.5, 0.6) is 0 Å². The van der Waals surface area contributed by atoms with E-state index in [4.69, 9.17) is 23.2 Å². The molecule has 180 valence electrons. The maximum absolute atomic E-state index is 12.5. The summed E-state index contributed by atoms with van der Waals surface area (Å²) in [6.07, 6.45) is 3.04. The summed E-state index contributed by atoms with van der Waals surface area (Å²) in [7, 11) is 0. The van der Waals surface area contributed by atoms with E-state index in [1.807, 2.05) is 39.8 Å². The zero-order valence-corrected chi connectivity index (χ0v) is 21.5. The van der Waals surface area contributed by atoms with Crippen LogP contribution in [0.1, 0.15) is 37.6 Å². The highest BCUT2D eigenvalue weighted by atomic mass is 35.5. The Morgan fingerprint density at radius 2 is 1.94 bits per heavy atom. The van der Waals surface area contributed by atoms with Gasteiger partial charge in [0.05, 0.1) is 15.7 Å². The van der Waals surface area contributed by atoms with Gasteiger partial charge in [0.25, 0.3) is 0 Å². The lowest BCUT2D eigenvalue weighted by Crippen LogP contribution is -2.51. The van der Waals surface area contributed by atoms with E-state index in [2.05, 4.69) is 34.6 Å². The van der Waals surface area contributed by atoms with Gasteiger partial charge in [-0.1, -0.05) is 65.3 Å². The number of benzene rings is 2. The van der Waals surface area contributed by atoms with Crippen molar-refractivity contribution in [3.63, 3.8) is 0 Å². The smallest absolute Gasteiger partial charge is 0.222 e. The van der Waals surface area contributed by atoms with Gasteiger partial charge in [0, 0.05) is 44.3 Å². The number of halogens is 2. The van der Waals surface area contributed by atoms with Gasteiger partial charge in [-0.25, -0.2) is 0 Å². The molecule has 0 radical (unpaired) electrons. The van der Waals surface area contributed by atoms with Crippen LogP contribution in [0, 0.1) is 0 Å². The van der Waals surface area contributed by atoms with Crippen molar-refractivity contribution in [2.75, 3.05) is 25.4 Å². The zero-order chi connectivity index (χ0) is 23.9. The minimum atomic E-state index is 0.252.